The molecule has 0 bridgehead atoms. The van der Waals surface area contributed by atoms with E-state index in [0.717, 1.165) is 37.2 Å². The molecular formula is C16H24ClN3. The Bertz CT molecular complexity index is 473. The van der Waals surface area contributed by atoms with Gasteiger partial charge >= 0.3 is 0 Å². The summed E-state index contributed by atoms with van der Waals surface area (Å²) in [4.78, 5) is 4.87. The van der Waals surface area contributed by atoms with Crippen molar-refractivity contribution >= 4 is 17.3 Å². The van der Waals surface area contributed by atoms with Crippen LogP contribution in [0.15, 0.2) is 18.2 Å². The van der Waals surface area contributed by atoms with Crippen LogP contribution in [-0.4, -0.2) is 43.7 Å². The standard InChI is InChI=1S/C16H24ClN3/c1-12-11-20(9-8-19(12)2)16-13(4-3-5-15(16)17)10-18-14-6-7-14/h3-5,12,14,18H,6-11H2,1-2H3. The van der Waals surface area contributed by atoms with Crippen molar-refractivity contribution in [2.24, 2.45) is 0 Å². The van der Waals surface area contributed by atoms with Gasteiger partial charge in [0.25, 0.3) is 0 Å². The second-order valence-electron chi connectivity index (χ2n) is 6.18. The molecule has 4 heteroatoms. The van der Waals surface area contributed by atoms with Gasteiger partial charge < -0.3 is 15.1 Å². The van der Waals surface area contributed by atoms with E-state index < -0.39 is 0 Å². The van der Waals surface area contributed by atoms with E-state index in [4.69, 9.17) is 11.6 Å². The number of nitrogens with one attached hydrogen (secondary N) is 1. The maximum Gasteiger partial charge on any atom is 0.0642 e. The highest BCUT2D eigenvalue weighted by Crippen LogP contribution is 2.32. The molecule has 3 nitrogen and oxygen atoms in total. The van der Waals surface area contributed by atoms with Crippen molar-refractivity contribution in [1.29, 1.82) is 0 Å². The lowest BCUT2D eigenvalue weighted by Gasteiger charge is -2.40. The predicted octanol–water partition coefficient (Wildman–Crippen LogP) is 2.73. The molecule has 1 heterocycles. The van der Waals surface area contributed by atoms with Crippen LogP contribution in [0.1, 0.15) is 25.3 Å². The van der Waals surface area contributed by atoms with E-state index in [9.17, 15) is 0 Å². The van der Waals surface area contributed by atoms with Crippen LogP contribution >= 0.6 is 11.6 Å². The number of halogens is 1. The topological polar surface area (TPSA) is 18.5 Å². The molecule has 1 aliphatic carbocycles. The fourth-order valence-electron chi connectivity index (χ4n) is 2.85. The van der Waals surface area contributed by atoms with E-state index in [1.165, 1.54) is 24.1 Å². The number of likely N-dealkylation sites (N-methyl/N-ethyl adjacent to an activating group) is 1. The zero-order valence-electron chi connectivity index (χ0n) is 12.4. The third kappa shape index (κ3) is 3.11. The first-order valence-corrected chi connectivity index (χ1v) is 7.99. The molecule has 1 saturated carbocycles. The van der Waals surface area contributed by atoms with Crippen LogP contribution in [0.25, 0.3) is 0 Å². The summed E-state index contributed by atoms with van der Waals surface area (Å²) < 4.78 is 0. The second kappa shape index (κ2) is 5.92. The number of para-hydroxylation sites is 1. The number of anilines is 1. The molecule has 1 aromatic carbocycles. The Morgan fingerprint density at radius 1 is 1.30 bits per heavy atom. The summed E-state index contributed by atoms with van der Waals surface area (Å²) in [5.74, 6) is 0. The maximum atomic E-state index is 6.49. The summed E-state index contributed by atoms with van der Waals surface area (Å²) >= 11 is 6.49. The van der Waals surface area contributed by atoms with Crippen molar-refractivity contribution in [3.63, 3.8) is 0 Å². The van der Waals surface area contributed by atoms with Gasteiger partial charge in [-0.1, -0.05) is 23.7 Å². The lowest BCUT2D eigenvalue weighted by Crippen LogP contribution is -2.50. The van der Waals surface area contributed by atoms with E-state index in [1.807, 2.05) is 6.07 Å². The van der Waals surface area contributed by atoms with Crippen LogP contribution in [0.2, 0.25) is 5.02 Å². The first kappa shape index (κ1) is 14.2. The van der Waals surface area contributed by atoms with Gasteiger partial charge in [-0.3, -0.25) is 0 Å². The number of rotatable bonds is 4. The van der Waals surface area contributed by atoms with Crippen LogP contribution in [0.5, 0.6) is 0 Å². The lowest BCUT2D eigenvalue weighted by atomic mass is 10.1. The SMILES string of the molecule is CC1CN(c2c(Cl)cccc2CNC2CC2)CCN1C. The van der Waals surface area contributed by atoms with Gasteiger partial charge in [-0.25, -0.2) is 0 Å². The highest BCUT2D eigenvalue weighted by atomic mass is 35.5. The van der Waals surface area contributed by atoms with Gasteiger partial charge in [-0.2, -0.15) is 0 Å². The van der Waals surface area contributed by atoms with Crippen molar-refractivity contribution in [2.75, 3.05) is 31.6 Å². The van der Waals surface area contributed by atoms with Crippen LogP contribution in [0.3, 0.4) is 0 Å². The fourth-order valence-corrected chi connectivity index (χ4v) is 3.16. The number of piperazine rings is 1. The Hall–Kier alpha value is -0.770. The number of nitrogens with zero attached hydrogens (tertiary/aromatic N) is 2. The smallest absolute Gasteiger partial charge is 0.0642 e. The van der Waals surface area contributed by atoms with Gasteiger partial charge in [0.05, 0.1) is 10.7 Å². The largest absolute Gasteiger partial charge is 0.367 e. The summed E-state index contributed by atoms with van der Waals surface area (Å²) in [6.45, 7) is 6.42. The summed E-state index contributed by atoms with van der Waals surface area (Å²) in [5, 5.41) is 4.49. The number of hydrogen-bond donors (Lipinski definition) is 1. The van der Waals surface area contributed by atoms with Crippen LogP contribution < -0.4 is 10.2 Å². The molecule has 1 atom stereocenters. The third-order valence-corrected chi connectivity index (χ3v) is 4.81. The molecule has 20 heavy (non-hydrogen) atoms. The maximum absolute atomic E-state index is 6.49. The molecule has 1 unspecified atom stereocenters. The van der Waals surface area contributed by atoms with Gasteiger partial charge in [0, 0.05) is 38.3 Å². The average Bonchev–Trinajstić information content (AvgIpc) is 3.24. The van der Waals surface area contributed by atoms with Crippen molar-refractivity contribution in [2.45, 2.75) is 38.4 Å². The Morgan fingerprint density at radius 2 is 2.10 bits per heavy atom. The van der Waals surface area contributed by atoms with E-state index in [2.05, 4.69) is 41.2 Å². The number of hydrogen-bond acceptors (Lipinski definition) is 3. The zero-order chi connectivity index (χ0) is 14.1. The lowest BCUT2D eigenvalue weighted by molar-refractivity contribution is 0.234. The Kier molecular flexibility index (Phi) is 4.20. The van der Waals surface area contributed by atoms with Crippen LogP contribution in [0.4, 0.5) is 5.69 Å². The highest BCUT2D eigenvalue weighted by molar-refractivity contribution is 6.33. The molecular weight excluding hydrogens is 270 g/mol. The van der Waals surface area contributed by atoms with Gasteiger partial charge in [-0.05, 0) is 38.4 Å². The first-order valence-electron chi connectivity index (χ1n) is 7.61. The fraction of sp³-hybridized carbons (Fsp3) is 0.625. The van der Waals surface area contributed by atoms with E-state index in [0.29, 0.717) is 6.04 Å². The minimum Gasteiger partial charge on any atom is -0.367 e. The molecule has 110 valence electrons. The van der Waals surface area contributed by atoms with Crippen molar-refractivity contribution in [3.05, 3.63) is 28.8 Å². The van der Waals surface area contributed by atoms with Gasteiger partial charge in [0.2, 0.25) is 0 Å². The highest BCUT2D eigenvalue weighted by Gasteiger charge is 2.25. The average molecular weight is 294 g/mol. The monoisotopic (exact) mass is 293 g/mol. The van der Waals surface area contributed by atoms with Crippen molar-refractivity contribution < 1.29 is 0 Å². The van der Waals surface area contributed by atoms with Gasteiger partial charge in [0.1, 0.15) is 0 Å². The zero-order valence-corrected chi connectivity index (χ0v) is 13.2. The second-order valence-corrected chi connectivity index (χ2v) is 6.59. The van der Waals surface area contributed by atoms with Crippen LogP contribution in [-0.2, 0) is 6.54 Å². The normalized spacial score (nSPS) is 24.1. The Balaban J connectivity index is 1.79. The molecule has 3 rings (SSSR count). The molecule has 1 saturated heterocycles. The van der Waals surface area contributed by atoms with E-state index in [1.54, 1.807) is 0 Å². The van der Waals surface area contributed by atoms with Crippen molar-refractivity contribution in [3.8, 4) is 0 Å². The summed E-state index contributed by atoms with van der Waals surface area (Å²) in [6, 6.07) is 7.59. The predicted molar refractivity (Wildman–Crippen MR) is 85.6 cm³/mol. The Labute approximate surface area is 126 Å². The molecule has 0 amide bonds. The summed E-state index contributed by atoms with van der Waals surface area (Å²) in [7, 11) is 2.20. The minimum atomic E-state index is 0.573. The summed E-state index contributed by atoms with van der Waals surface area (Å²) in [5.41, 5.74) is 2.57. The molecule has 2 fully saturated rings. The van der Waals surface area contributed by atoms with Gasteiger partial charge in [-0.15, -0.1) is 0 Å². The molecule has 0 spiro atoms. The molecule has 0 radical (unpaired) electrons. The molecule has 1 N–H and O–H groups in total. The minimum absolute atomic E-state index is 0.573. The van der Waals surface area contributed by atoms with E-state index in [-0.39, 0.29) is 0 Å². The number of benzene rings is 1. The molecule has 2 aliphatic rings. The summed E-state index contributed by atoms with van der Waals surface area (Å²) in [6.07, 6.45) is 2.64. The first-order chi connectivity index (χ1) is 9.65. The quantitative estimate of drug-likeness (QED) is 0.921. The van der Waals surface area contributed by atoms with Crippen LogP contribution in [0, 0.1) is 0 Å². The Morgan fingerprint density at radius 3 is 2.80 bits per heavy atom. The van der Waals surface area contributed by atoms with E-state index >= 15 is 0 Å². The molecule has 1 aliphatic heterocycles. The molecule has 1 aromatic rings. The van der Waals surface area contributed by atoms with Gasteiger partial charge in [0.15, 0.2) is 0 Å². The third-order valence-electron chi connectivity index (χ3n) is 4.50. The van der Waals surface area contributed by atoms with Crippen molar-refractivity contribution in [1.82, 2.24) is 10.2 Å². The molecule has 0 aromatic heterocycles.